The number of alkyl halides is 3. The minimum atomic E-state index is -4.68. The Morgan fingerprint density at radius 3 is 2.16 bits per heavy atom. The van der Waals surface area contributed by atoms with Gasteiger partial charge in [-0.05, 0) is 56.7 Å². The molecule has 1 amide bonds. The molecule has 0 atom stereocenters. The van der Waals surface area contributed by atoms with Gasteiger partial charge in [0.1, 0.15) is 0 Å². The normalized spacial score (nSPS) is 13.1. The Bertz CT molecular complexity index is 1240. The highest BCUT2D eigenvalue weighted by atomic mass is 35.5. The molecule has 0 fully saturated rings. The van der Waals surface area contributed by atoms with Gasteiger partial charge in [0.25, 0.3) is 5.91 Å². The van der Waals surface area contributed by atoms with Gasteiger partial charge in [-0.1, -0.05) is 17.7 Å². The summed E-state index contributed by atoms with van der Waals surface area (Å²) in [5.41, 5.74) is -1.08. The van der Waals surface area contributed by atoms with Crippen molar-refractivity contribution in [2.75, 3.05) is 12.8 Å². The van der Waals surface area contributed by atoms with Crippen molar-refractivity contribution in [3.63, 3.8) is 0 Å². The standard InChI is InChI=1S/C20H21ClF3NO5S2/c1-19(2,32(29,30)15-6-4-5-13(11-15)20(22,23)24)9-10-25-18(26)16-8-7-14(12-17(16)21)31(3,27)28/h4-8,11-12H,9-10H2,1-3H3,(H,25,26). The molecule has 0 bridgehead atoms. The molecule has 0 aromatic heterocycles. The highest BCUT2D eigenvalue weighted by molar-refractivity contribution is 7.92. The van der Waals surface area contributed by atoms with Crippen molar-refractivity contribution in [1.29, 1.82) is 0 Å². The van der Waals surface area contributed by atoms with Crippen LogP contribution in [0, 0.1) is 0 Å². The van der Waals surface area contributed by atoms with Crippen molar-refractivity contribution in [2.45, 2.75) is 41.0 Å². The number of hydrogen-bond donors (Lipinski definition) is 1. The summed E-state index contributed by atoms with van der Waals surface area (Å²) in [7, 11) is -7.67. The Hall–Kier alpha value is -2.11. The van der Waals surface area contributed by atoms with E-state index in [4.69, 9.17) is 11.6 Å². The van der Waals surface area contributed by atoms with Gasteiger partial charge >= 0.3 is 6.18 Å². The number of hydrogen-bond acceptors (Lipinski definition) is 5. The lowest BCUT2D eigenvalue weighted by Gasteiger charge is -2.25. The minimum absolute atomic E-state index is 0.00221. The van der Waals surface area contributed by atoms with Crippen LogP contribution >= 0.6 is 11.6 Å². The van der Waals surface area contributed by atoms with Crippen molar-refractivity contribution in [2.24, 2.45) is 0 Å². The van der Waals surface area contributed by atoms with Gasteiger partial charge in [0.15, 0.2) is 19.7 Å². The maximum Gasteiger partial charge on any atom is 0.416 e. The summed E-state index contributed by atoms with van der Waals surface area (Å²) >= 11 is 5.99. The molecule has 12 heteroatoms. The monoisotopic (exact) mass is 511 g/mol. The van der Waals surface area contributed by atoms with Crippen LogP contribution in [0.15, 0.2) is 52.3 Å². The molecule has 0 aliphatic carbocycles. The molecule has 0 saturated carbocycles. The number of amides is 1. The zero-order valence-corrected chi connectivity index (χ0v) is 19.7. The summed E-state index contributed by atoms with van der Waals surface area (Å²) in [4.78, 5) is 11.8. The number of halogens is 4. The molecule has 0 unspecified atom stereocenters. The van der Waals surface area contributed by atoms with Crippen LogP contribution in [-0.2, 0) is 25.9 Å². The zero-order chi connectivity index (χ0) is 24.5. The SMILES string of the molecule is CC(C)(CCNC(=O)c1ccc(S(C)(=O)=O)cc1Cl)S(=O)(=O)c1cccc(C(F)(F)F)c1. The first-order chi connectivity index (χ1) is 14.5. The average Bonchev–Trinajstić information content (AvgIpc) is 2.66. The summed E-state index contributed by atoms with van der Waals surface area (Å²) in [5.74, 6) is -0.651. The molecule has 176 valence electrons. The predicted molar refractivity (Wildman–Crippen MR) is 114 cm³/mol. The fraction of sp³-hybridized carbons (Fsp3) is 0.350. The van der Waals surface area contributed by atoms with Crippen molar-refractivity contribution in [3.05, 3.63) is 58.6 Å². The van der Waals surface area contributed by atoms with Crippen LogP contribution in [0.2, 0.25) is 5.02 Å². The van der Waals surface area contributed by atoms with E-state index in [1.54, 1.807) is 0 Å². The van der Waals surface area contributed by atoms with Crippen LogP contribution < -0.4 is 5.32 Å². The summed E-state index contributed by atoms with van der Waals surface area (Å²) in [6.07, 6.45) is -3.79. The van der Waals surface area contributed by atoms with Gasteiger partial charge < -0.3 is 5.32 Å². The number of carbonyl (C=O) groups is 1. The second kappa shape index (κ2) is 9.03. The van der Waals surface area contributed by atoms with E-state index in [9.17, 15) is 34.8 Å². The van der Waals surface area contributed by atoms with E-state index in [0.29, 0.717) is 6.07 Å². The van der Waals surface area contributed by atoms with E-state index in [2.05, 4.69) is 5.32 Å². The quantitative estimate of drug-likeness (QED) is 0.602. The summed E-state index contributed by atoms with van der Waals surface area (Å²) in [5, 5.41) is 2.40. The number of nitrogens with one attached hydrogen (secondary N) is 1. The Morgan fingerprint density at radius 2 is 1.62 bits per heavy atom. The number of rotatable bonds is 7. The molecule has 0 saturated heterocycles. The third kappa shape index (κ3) is 5.81. The smallest absolute Gasteiger partial charge is 0.352 e. The average molecular weight is 512 g/mol. The van der Waals surface area contributed by atoms with Crippen LogP contribution in [0.5, 0.6) is 0 Å². The third-order valence-corrected chi connectivity index (χ3v) is 8.78. The van der Waals surface area contributed by atoms with E-state index >= 15 is 0 Å². The van der Waals surface area contributed by atoms with Crippen LogP contribution in [0.25, 0.3) is 0 Å². The van der Waals surface area contributed by atoms with Crippen LogP contribution in [-0.4, -0.2) is 40.3 Å². The molecule has 1 N–H and O–H groups in total. The molecule has 2 aromatic rings. The first-order valence-corrected chi connectivity index (χ1v) is 12.9. The fourth-order valence-corrected chi connectivity index (χ4v) is 5.30. The molecule has 2 aromatic carbocycles. The second-order valence-electron chi connectivity index (χ2n) is 7.71. The first kappa shape index (κ1) is 26.1. The van der Waals surface area contributed by atoms with E-state index in [1.807, 2.05) is 0 Å². The lowest BCUT2D eigenvalue weighted by molar-refractivity contribution is -0.137. The Morgan fingerprint density at radius 1 is 1.00 bits per heavy atom. The fourth-order valence-electron chi connectivity index (χ4n) is 2.78. The first-order valence-electron chi connectivity index (χ1n) is 9.16. The minimum Gasteiger partial charge on any atom is -0.352 e. The molecule has 0 radical (unpaired) electrons. The zero-order valence-electron chi connectivity index (χ0n) is 17.3. The highest BCUT2D eigenvalue weighted by Crippen LogP contribution is 2.34. The van der Waals surface area contributed by atoms with Crippen molar-refractivity contribution >= 4 is 37.2 Å². The molecule has 0 heterocycles. The van der Waals surface area contributed by atoms with Crippen LogP contribution in [0.1, 0.15) is 36.2 Å². The second-order valence-corrected chi connectivity index (χ2v) is 12.7. The summed E-state index contributed by atoms with van der Waals surface area (Å²) in [6.45, 7) is 2.58. The van der Waals surface area contributed by atoms with Crippen molar-refractivity contribution in [1.82, 2.24) is 5.32 Å². The van der Waals surface area contributed by atoms with E-state index in [1.165, 1.54) is 26.0 Å². The summed E-state index contributed by atoms with van der Waals surface area (Å²) < 4.78 is 86.3. The van der Waals surface area contributed by atoms with Gasteiger partial charge in [-0.25, -0.2) is 16.8 Å². The maximum absolute atomic E-state index is 12.9. The van der Waals surface area contributed by atoms with E-state index in [0.717, 1.165) is 30.5 Å². The van der Waals surface area contributed by atoms with Gasteiger partial charge in [-0.2, -0.15) is 13.2 Å². The van der Waals surface area contributed by atoms with Crippen molar-refractivity contribution in [3.8, 4) is 0 Å². The highest BCUT2D eigenvalue weighted by Gasteiger charge is 2.38. The number of benzene rings is 2. The number of carbonyl (C=O) groups excluding carboxylic acids is 1. The largest absolute Gasteiger partial charge is 0.416 e. The maximum atomic E-state index is 12.9. The molecule has 2 rings (SSSR count). The van der Waals surface area contributed by atoms with Crippen molar-refractivity contribution < 1.29 is 34.8 Å². The molecule has 32 heavy (non-hydrogen) atoms. The van der Waals surface area contributed by atoms with E-state index < -0.39 is 47.0 Å². The molecule has 0 spiro atoms. The van der Waals surface area contributed by atoms with Gasteiger partial charge in [-0.15, -0.1) is 0 Å². The number of sulfone groups is 2. The molecule has 0 aliphatic rings. The topological polar surface area (TPSA) is 97.4 Å². The molecular formula is C20H21ClF3NO5S2. The van der Waals surface area contributed by atoms with Crippen LogP contribution in [0.3, 0.4) is 0 Å². The Balaban J connectivity index is 2.14. The van der Waals surface area contributed by atoms with Gasteiger partial charge in [0.2, 0.25) is 0 Å². The third-order valence-electron chi connectivity index (χ3n) is 4.83. The predicted octanol–water partition coefficient (Wildman–Crippen LogP) is 4.13. The molecule has 0 aliphatic heterocycles. The summed E-state index contributed by atoms with van der Waals surface area (Å²) in [6, 6.07) is 7.07. The van der Waals surface area contributed by atoms with Crippen LogP contribution in [0.4, 0.5) is 13.2 Å². The Labute approximate surface area is 189 Å². The van der Waals surface area contributed by atoms with E-state index in [-0.39, 0.29) is 28.4 Å². The molecule has 6 nitrogen and oxygen atoms in total. The van der Waals surface area contributed by atoms with Gasteiger partial charge in [0, 0.05) is 12.8 Å². The Kier molecular flexibility index (Phi) is 7.38. The lowest BCUT2D eigenvalue weighted by atomic mass is 10.1. The molecular weight excluding hydrogens is 491 g/mol. The van der Waals surface area contributed by atoms with Gasteiger partial charge in [-0.3, -0.25) is 4.79 Å². The van der Waals surface area contributed by atoms with Gasteiger partial charge in [0.05, 0.1) is 30.7 Å². The lowest BCUT2D eigenvalue weighted by Crippen LogP contribution is -2.37.